The van der Waals surface area contributed by atoms with Crippen molar-refractivity contribution in [2.75, 3.05) is 31.1 Å². The van der Waals surface area contributed by atoms with Crippen LogP contribution < -0.4 is 9.64 Å². The second-order valence-corrected chi connectivity index (χ2v) is 6.64. The van der Waals surface area contributed by atoms with Crippen molar-refractivity contribution in [3.8, 4) is 5.75 Å². The van der Waals surface area contributed by atoms with E-state index in [2.05, 4.69) is 12.1 Å². The lowest BCUT2D eigenvalue weighted by atomic mass is 10.1. The van der Waals surface area contributed by atoms with Gasteiger partial charge in [-0.2, -0.15) is 0 Å². The van der Waals surface area contributed by atoms with Crippen molar-refractivity contribution < 1.29 is 14.3 Å². The molecule has 1 saturated heterocycles. The Bertz CT molecular complexity index is 759. The van der Waals surface area contributed by atoms with Crippen LogP contribution in [-0.2, 0) is 16.0 Å². The van der Waals surface area contributed by atoms with Gasteiger partial charge >= 0.3 is 0 Å². The number of nitrogens with zero attached hydrogens (tertiary/aromatic N) is 2. The van der Waals surface area contributed by atoms with Gasteiger partial charge in [-0.15, -0.1) is 0 Å². The van der Waals surface area contributed by atoms with E-state index >= 15 is 0 Å². The summed E-state index contributed by atoms with van der Waals surface area (Å²) in [7, 11) is 0. The lowest BCUT2D eigenvalue weighted by molar-refractivity contribution is -0.133. The molecule has 1 aliphatic rings. The van der Waals surface area contributed by atoms with E-state index in [0.717, 1.165) is 25.1 Å². The lowest BCUT2D eigenvalue weighted by Crippen LogP contribution is -2.36. The van der Waals surface area contributed by atoms with E-state index in [1.807, 2.05) is 54.3 Å². The summed E-state index contributed by atoms with van der Waals surface area (Å²) in [5.41, 5.74) is 2.10. The minimum Gasteiger partial charge on any atom is -0.484 e. The molecule has 0 bridgehead atoms. The molecule has 142 valence electrons. The molecule has 0 saturated carbocycles. The quantitative estimate of drug-likeness (QED) is 0.720. The monoisotopic (exact) mass is 366 g/mol. The number of anilines is 1. The maximum absolute atomic E-state index is 12.4. The topological polar surface area (TPSA) is 49.9 Å². The number of carbonyl (C=O) groups is 2. The van der Waals surface area contributed by atoms with Crippen LogP contribution in [0.4, 0.5) is 5.69 Å². The Kier molecular flexibility index (Phi) is 6.47. The number of hydrogen-bond acceptors (Lipinski definition) is 3. The van der Waals surface area contributed by atoms with Crippen molar-refractivity contribution in [2.24, 2.45) is 0 Å². The van der Waals surface area contributed by atoms with Gasteiger partial charge in [0.15, 0.2) is 6.61 Å². The zero-order valence-corrected chi connectivity index (χ0v) is 15.8. The van der Waals surface area contributed by atoms with Crippen molar-refractivity contribution in [1.82, 2.24) is 4.90 Å². The van der Waals surface area contributed by atoms with Crippen molar-refractivity contribution in [3.05, 3.63) is 60.2 Å². The fourth-order valence-corrected chi connectivity index (χ4v) is 3.25. The van der Waals surface area contributed by atoms with Crippen molar-refractivity contribution in [3.63, 3.8) is 0 Å². The summed E-state index contributed by atoms with van der Waals surface area (Å²) in [5.74, 6) is 0.779. The number of benzene rings is 2. The predicted octanol–water partition coefficient (Wildman–Crippen LogP) is 3.28. The number of hydrogen-bond donors (Lipinski definition) is 0. The molecule has 2 aromatic carbocycles. The highest BCUT2D eigenvalue weighted by atomic mass is 16.5. The average molecular weight is 366 g/mol. The van der Waals surface area contributed by atoms with Crippen LogP contribution >= 0.6 is 0 Å². The molecule has 5 heteroatoms. The van der Waals surface area contributed by atoms with Crippen LogP contribution in [0.25, 0.3) is 0 Å². The molecule has 0 spiro atoms. The van der Waals surface area contributed by atoms with Gasteiger partial charge in [0.05, 0.1) is 0 Å². The summed E-state index contributed by atoms with van der Waals surface area (Å²) >= 11 is 0. The molecule has 3 rings (SSSR count). The molecule has 2 aromatic rings. The maximum atomic E-state index is 12.4. The van der Waals surface area contributed by atoms with Crippen molar-refractivity contribution in [1.29, 1.82) is 0 Å². The molecule has 1 fully saturated rings. The number of likely N-dealkylation sites (N-methyl/N-ethyl adjacent to an activating group) is 1. The highest BCUT2D eigenvalue weighted by molar-refractivity contribution is 5.95. The van der Waals surface area contributed by atoms with Crippen molar-refractivity contribution in [2.45, 2.75) is 26.2 Å². The van der Waals surface area contributed by atoms with Gasteiger partial charge in [-0.3, -0.25) is 9.59 Å². The Morgan fingerprint density at radius 1 is 1.11 bits per heavy atom. The van der Waals surface area contributed by atoms with Gasteiger partial charge in [-0.1, -0.05) is 30.3 Å². The van der Waals surface area contributed by atoms with Crippen molar-refractivity contribution >= 4 is 17.5 Å². The molecule has 0 N–H and O–H groups in total. The van der Waals surface area contributed by atoms with Crippen LogP contribution in [0.15, 0.2) is 54.6 Å². The minimum absolute atomic E-state index is 0.0185. The van der Waals surface area contributed by atoms with Gasteiger partial charge < -0.3 is 14.5 Å². The third-order valence-corrected chi connectivity index (χ3v) is 4.83. The van der Waals surface area contributed by atoms with Crippen LogP contribution in [0.1, 0.15) is 25.3 Å². The van der Waals surface area contributed by atoms with Gasteiger partial charge in [0.2, 0.25) is 5.91 Å². The maximum Gasteiger partial charge on any atom is 0.260 e. The third kappa shape index (κ3) is 5.09. The number of ether oxygens (including phenoxy) is 1. The first-order valence-electron chi connectivity index (χ1n) is 9.52. The molecule has 0 aliphatic carbocycles. The van der Waals surface area contributed by atoms with E-state index in [1.54, 1.807) is 4.90 Å². The second-order valence-electron chi connectivity index (χ2n) is 6.64. The average Bonchev–Trinajstić information content (AvgIpc) is 3.14. The summed E-state index contributed by atoms with van der Waals surface area (Å²) < 4.78 is 5.65. The first-order chi connectivity index (χ1) is 13.2. The molecule has 0 radical (unpaired) electrons. The molecule has 1 aliphatic heterocycles. The van der Waals surface area contributed by atoms with Crippen LogP contribution in [0.2, 0.25) is 0 Å². The molecule has 27 heavy (non-hydrogen) atoms. The van der Waals surface area contributed by atoms with E-state index in [4.69, 9.17) is 4.74 Å². The third-order valence-electron chi connectivity index (χ3n) is 4.83. The van der Waals surface area contributed by atoms with E-state index < -0.39 is 0 Å². The van der Waals surface area contributed by atoms with E-state index in [1.165, 1.54) is 5.56 Å². The molecule has 2 amide bonds. The predicted molar refractivity (Wildman–Crippen MR) is 106 cm³/mol. The van der Waals surface area contributed by atoms with E-state index in [0.29, 0.717) is 25.3 Å². The lowest BCUT2D eigenvalue weighted by Gasteiger charge is -2.21. The first-order valence-corrected chi connectivity index (χ1v) is 9.52. The smallest absolute Gasteiger partial charge is 0.260 e. The minimum atomic E-state index is -0.0211. The molecule has 5 nitrogen and oxygen atoms in total. The van der Waals surface area contributed by atoms with Crippen LogP contribution in [0.3, 0.4) is 0 Å². The number of amides is 2. The van der Waals surface area contributed by atoms with Gasteiger partial charge in [0.25, 0.3) is 5.91 Å². The summed E-state index contributed by atoms with van der Waals surface area (Å²) in [6, 6.07) is 17.5. The van der Waals surface area contributed by atoms with Gasteiger partial charge in [0.1, 0.15) is 5.75 Å². The zero-order valence-electron chi connectivity index (χ0n) is 15.8. The molecule has 0 atom stereocenters. The van der Waals surface area contributed by atoms with Gasteiger partial charge in [0, 0.05) is 31.7 Å². The van der Waals surface area contributed by atoms with Gasteiger partial charge in [-0.25, -0.2) is 0 Å². The normalized spacial score (nSPS) is 13.7. The molecule has 1 heterocycles. The molecular formula is C22H26N2O3. The SMILES string of the molecule is CCN(CCc1ccccc1)C(=O)COc1ccc(N2CCCC2=O)cc1. The summed E-state index contributed by atoms with van der Waals surface area (Å²) in [5, 5.41) is 0. The van der Waals surface area contributed by atoms with Gasteiger partial charge in [-0.05, 0) is 49.6 Å². The molecule has 0 unspecified atom stereocenters. The Balaban J connectivity index is 1.49. The fraction of sp³-hybridized carbons (Fsp3) is 0.364. The number of carbonyl (C=O) groups excluding carboxylic acids is 2. The molecular weight excluding hydrogens is 340 g/mol. The molecule has 0 aromatic heterocycles. The summed E-state index contributed by atoms with van der Waals surface area (Å²) in [6.07, 6.45) is 2.35. The second kappa shape index (κ2) is 9.21. The zero-order chi connectivity index (χ0) is 19.1. The van der Waals surface area contributed by atoms with Crippen LogP contribution in [0, 0.1) is 0 Å². The number of rotatable bonds is 8. The standard InChI is InChI=1S/C22H26N2O3/c1-2-23(16-14-18-7-4-3-5-8-18)22(26)17-27-20-12-10-19(11-13-20)24-15-6-9-21(24)25/h3-5,7-8,10-13H,2,6,9,14-17H2,1H3. The Hall–Kier alpha value is -2.82. The van der Waals surface area contributed by atoms with E-state index in [-0.39, 0.29) is 18.4 Å². The Morgan fingerprint density at radius 2 is 1.85 bits per heavy atom. The summed E-state index contributed by atoms with van der Waals surface area (Å²) in [4.78, 5) is 27.8. The van der Waals surface area contributed by atoms with E-state index in [9.17, 15) is 9.59 Å². The first kappa shape index (κ1) is 19.0. The highest BCUT2D eigenvalue weighted by Gasteiger charge is 2.21. The highest BCUT2D eigenvalue weighted by Crippen LogP contribution is 2.23. The Morgan fingerprint density at radius 3 is 2.48 bits per heavy atom. The fourth-order valence-electron chi connectivity index (χ4n) is 3.25. The summed E-state index contributed by atoms with van der Waals surface area (Å²) in [6.45, 7) is 4.10. The van der Waals surface area contributed by atoms with Crippen LogP contribution in [0.5, 0.6) is 5.75 Å². The largest absolute Gasteiger partial charge is 0.484 e. The Labute approximate surface area is 160 Å². The van der Waals surface area contributed by atoms with Crippen LogP contribution in [-0.4, -0.2) is 43.0 Å².